The zero-order chi connectivity index (χ0) is 22.0. The summed E-state index contributed by atoms with van der Waals surface area (Å²) in [5.41, 5.74) is 6.01. The van der Waals surface area contributed by atoms with Crippen LogP contribution in [0.2, 0.25) is 0 Å². The molecule has 164 valence electrons. The van der Waals surface area contributed by atoms with Gasteiger partial charge in [-0.25, -0.2) is 15.0 Å². The Morgan fingerprint density at radius 1 is 1.26 bits per heavy atom. The highest BCUT2D eigenvalue weighted by atomic mass is 32.1. The topological polar surface area (TPSA) is 97.0 Å². The Kier molecular flexibility index (Phi) is 5.94. The summed E-state index contributed by atoms with van der Waals surface area (Å²) >= 11 is 1.54. The van der Waals surface area contributed by atoms with Crippen molar-refractivity contribution in [1.82, 2.24) is 15.0 Å². The number of rotatable bonds is 5. The average Bonchev–Trinajstić information content (AvgIpc) is 3.24. The number of hydrogen-bond donors (Lipinski definition) is 2. The molecule has 2 aromatic rings. The number of primary amides is 1. The Morgan fingerprint density at radius 2 is 2.03 bits per heavy atom. The number of carbonyl (C=O) groups is 1. The molecule has 1 unspecified atom stereocenters. The van der Waals surface area contributed by atoms with Crippen LogP contribution in [0, 0.1) is 5.92 Å². The monoisotopic (exact) mass is 450 g/mol. The predicted octanol–water partition coefficient (Wildman–Crippen LogP) is 3.69. The molecule has 31 heavy (non-hydrogen) atoms. The summed E-state index contributed by atoms with van der Waals surface area (Å²) in [7, 11) is 0. The second kappa shape index (κ2) is 8.66. The number of halogens is 3. The number of hydrogen-bond acceptors (Lipinski definition) is 7. The Labute approximate surface area is 180 Å². The van der Waals surface area contributed by atoms with Crippen molar-refractivity contribution < 1.29 is 18.0 Å². The third-order valence-electron chi connectivity index (χ3n) is 5.36. The Hall–Kier alpha value is -2.95. The van der Waals surface area contributed by atoms with Crippen molar-refractivity contribution in [2.45, 2.75) is 31.4 Å². The van der Waals surface area contributed by atoms with Gasteiger partial charge in [-0.2, -0.15) is 13.2 Å². The van der Waals surface area contributed by atoms with E-state index in [0.717, 1.165) is 49.0 Å². The van der Waals surface area contributed by atoms with Crippen LogP contribution in [0.25, 0.3) is 0 Å². The van der Waals surface area contributed by atoms with Crippen LogP contribution in [0.3, 0.4) is 0 Å². The standard InChI is InChI=1S/C20H21F3N6OS/c21-20(22,23)16-4-7-25-18(28-16)26-14-3-1-2-13(10-14)15-11-31-19(27-15)29-8-5-12(6-9-29)17(24)30/h1-4,7,11-13H,5-6,8-10H2,(H2,24,30)(H,25,26,28). The van der Waals surface area contributed by atoms with Gasteiger partial charge in [-0.15, -0.1) is 11.3 Å². The summed E-state index contributed by atoms with van der Waals surface area (Å²) in [6.45, 7) is 1.47. The van der Waals surface area contributed by atoms with Gasteiger partial charge in [0.25, 0.3) is 0 Å². The van der Waals surface area contributed by atoms with Crippen LogP contribution in [-0.4, -0.2) is 33.9 Å². The molecule has 1 saturated heterocycles. The lowest BCUT2D eigenvalue weighted by molar-refractivity contribution is -0.141. The number of nitrogens with zero attached hydrogens (tertiary/aromatic N) is 4. The number of thiazole rings is 1. The third-order valence-corrected chi connectivity index (χ3v) is 6.28. The van der Waals surface area contributed by atoms with Crippen molar-refractivity contribution in [1.29, 1.82) is 0 Å². The smallest absolute Gasteiger partial charge is 0.369 e. The molecular formula is C20H21F3N6OS. The lowest BCUT2D eigenvalue weighted by Crippen LogP contribution is -2.38. The molecule has 3 heterocycles. The maximum atomic E-state index is 12.9. The summed E-state index contributed by atoms with van der Waals surface area (Å²) in [6, 6.07) is 0.839. The van der Waals surface area contributed by atoms with E-state index in [0.29, 0.717) is 12.1 Å². The minimum absolute atomic E-state index is 0.00791. The summed E-state index contributed by atoms with van der Waals surface area (Å²) < 4.78 is 38.6. The molecule has 2 aromatic heterocycles. The summed E-state index contributed by atoms with van der Waals surface area (Å²) in [6.07, 6.45) is 4.21. The first-order chi connectivity index (χ1) is 14.8. The second-order valence-electron chi connectivity index (χ2n) is 7.49. The maximum absolute atomic E-state index is 12.9. The number of piperidine rings is 1. The minimum atomic E-state index is -4.52. The van der Waals surface area contributed by atoms with E-state index in [4.69, 9.17) is 10.7 Å². The van der Waals surface area contributed by atoms with Crippen molar-refractivity contribution in [3.63, 3.8) is 0 Å². The molecule has 0 spiro atoms. The van der Waals surface area contributed by atoms with Crippen LogP contribution < -0.4 is 16.0 Å². The fourth-order valence-electron chi connectivity index (χ4n) is 3.64. The minimum Gasteiger partial charge on any atom is -0.369 e. The number of nitrogens with one attached hydrogen (secondary N) is 1. The van der Waals surface area contributed by atoms with Gasteiger partial charge in [-0.1, -0.05) is 12.2 Å². The van der Waals surface area contributed by atoms with E-state index in [1.54, 1.807) is 17.4 Å². The van der Waals surface area contributed by atoms with Gasteiger partial charge in [-0.05, 0) is 31.4 Å². The molecule has 1 amide bonds. The molecule has 11 heteroatoms. The SMILES string of the molecule is NC(=O)C1CCN(c2nc(C3C=CC=C(Nc4nccc(C(F)(F)F)n4)C3)cs2)CC1. The van der Waals surface area contributed by atoms with Gasteiger partial charge in [0.1, 0.15) is 5.69 Å². The predicted molar refractivity (Wildman–Crippen MR) is 111 cm³/mol. The highest BCUT2D eigenvalue weighted by Crippen LogP contribution is 2.34. The number of aromatic nitrogens is 3. The molecule has 0 bridgehead atoms. The van der Waals surface area contributed by atoms with E-state index >= 15 is 0 Å². The number of amides is 1. The van der Waals surface area contributed by atoms with E-state index < -0.39 is 11.9 Å². The van der Waals surface area contributed by atoms with Crippen LogP contribution in [0.5, 0.6) is 0 Å². The Bertz CT molecular complexity index is 1010. The fourth-order valence-corrected chi connectivity index (χ4v) is 4.59. The Balaban J connectivity index is 1.39. The molecule has 4 rings (SSSR count). The van der Waals surface area contributed by atoms with E-state index in [2.05, 4.69) is 20.2 Å². The quantitative estimate of drug-likeness (QED) is 0.721. The number of carbonyl (C=O) groups excluding carboxylic acids is 1. The second-order valence-corrected chi connectivity index (χ2v) is 8.33. The molecule has 1 aliphatic heterocycles. The van der Waals surface area contributed by atoms with E-state index in [1.807, 2.05) is 17.5 Å². The first-order valence-electron chi connectivity index (χ1n) is 9.84. The van der Waals surface area contributed by atoms with Crippen molar-refractivity contribution in [2.75, 3.05) is 23.3 Å². The van der Waals surface area contributed by atoms with Crippen molar-refractivity contribution in [2.24, 2.45) is 11.7 Å². The summed E-state index contributed by atoms with van der Waals surface area (Å²) in [4.78, 5) is 25.7. The molecule has 7 nitrogen and oxygen atoms in total. The molecule has 1 atom stereocenters. The zero-order valence-electron chi connectivity index (χ0n) is 16.5. The van der Waals surface area contributed by atoms with Crippen LogP contribution in [0.1, 0.15) is 36.6 Å². The van der Waals surface area contributed by atoms with E-state index in [1.165, 1.54) is 0 Å². The van der Waals surface area contributed by atoms with Gasteiger partial charge in [0, 0.05) is 42.2 Å². The van der Waals surface area contributed by atoms with Gasteiger partial charge in [-0.3, -0.25) is 4.79 Å². The number of allylic oxidation sites excluding steroid dienone is 4. The summed E-state index contributed by atoms with van der Waals surface area (Å²) in [5, 5.41) is 5.78. The number of alkyl halides is 3. The lowest BCUT2D eigenvalue weighted by Gasteiger charge is -2.30. The largest absolute Gasteiger partial charge is 0.433 e. The highest BCUT2D eigenvalue weighted by molar-refractivity contribution is 7.13. The molecule has 2 aliphatic rings. The highest BCUT2D eigenvalue weighted by Gasteiger charge is 2.33. The van der Waals surface area contributed by atoms with Gasteiger partial charge >= 0.3 is 6.18 Å². The van der Waals surface area contributed by atoms with Crippen molar-refractivity contribution in [3.8, 4) is 0 Å². The first kappa shape index (κ1) is 21.3. The van der Waals surface area contributed by atoms with Gasteiger partial charge < -0.3 is 16.0 Å². The normalized spacial score (nSPS) is 19.9. The molecule has 0 aromatic carbocycles. The fraction of sp³-hybridized carbons (Fsp3) is 0.400. The maximum Gasteiger partial charge on any atom is 0.433 e. The van der Waals surface area contributed by atoms with Crippen LogP contribution in [0.4, 0.5) is 24.3 Å². The van der Waals surface area contributed by atoms with Crippen LogP contribution >= 0.6 is 11.3 Å². The van der Waals surface area contributed by atoms with E-state index in [9.17, 15) is 18.0 Å². The van der Waals surface area contributed by atoms with Crippen LogP contribution in [-0.2, 0) is 11.0 Å². The molecular weight excluding hydrogens is 429 g/mol. The first-order valence-corrected chi connectivity index (χ1v) is 10.7. The molecule has 0 saturated carbocycles. The molecule has 0 radical (unpaired) electrons. The number of nitrogens with two attached hydrogens (primary N) is 1. The van der Waals surface area contributed by atoms with E-state index in [-0.39, 0.29) is 23.7 Å². The summed E-state index contributed by atoms with van der Waals surface area (Å²) in [5.74, 6) is -0.421. The van der Waals surface area contributed by atoms with Gasteiger partial charge in [0.2, 0.25) is 11.9 Å². The molecule has 1 fully saturated rings. The van der Waals surface area contributed by atoms with Gasteiger partial charge in [0.05, 0.1) is 5.69 Å². The van der Waals surface area contributed by atoms with Crippen molar-refractivity contribution in [3.05, 3.63) is 53.0 Å². The zero-order valence-corrected chi connectivity index (χ0v) is 17.3. The number of anilines is 2. The van der Waals surface area contributed by atoms with Gasteiger partial charge in [0.15, 0.2) is 5.13 Å². The van der Waals surface area contributed by atoms with Crippen molar-refractivity contribution >= 4 is 28.3 Å². The lowest BCUT2D eigenvalue weighted by atomic mass is 9.95. The third kappa shape index (κ3) is 5.04. The average molecular weight is 450 g/mol. The Morgan fingerprint density at radius 3 is 2.74 bits per heavy atom. The molecule has 1 aliphatic carbocycles. The molecule has 3 N–H and O–H groups in total. The van der Waals surface area contributed by atoms with Crippen LogP contribution in [0.15, 0.2) is 41.6 Å².